The predicted octanol–water partition coefficient (Wildman–Crippen LogP) is 3.41. The molecule has 2 rings (SSSR count). The molecule has 132 valence electrons. The van der Waals surface area contributed by atoms with E-state index in [0.717, 1.165) is 31.6 Å². The van der Waals surface area contributed by atoms with Crippen LogP contribution >= 0.6 is 0 Å². The van der Waals surface area contributed by atoms with Gasteiger partial charge in [0.15, 0.2) is 0 Å². The minimum Gasteiger partial charge on any atom is -0.371 e. The van der Waals surface area contributed by atoms with E-state index in [1.54, 1.807) is 6.07 Å². The molecule has 1 aliphatic rings. The number of hydrogen-bond acceptors (Lipinski definition) is 3. The van der Waals surface area contributed by atoms with Gasteiger partial charge in [-0.1, -0.05) is 13.8 Å². The zero-order chi connectivity index (χ0) is 17.7. The lowest BCUT2D eigenvalue weighted by Gasteiger charge is -2.22. The molecule has 5 heteroatoms. The molecule has 2 N–H and O–H groups in total. The van der Waals surface area contributed by atoms with Crippen molar-refractivity contribution >= 4 is 23.2 Å². The normalized spacial score (nSPS) is 14.3. The van der Waals surface area contributed by atoms with Gasteiger partial charge in [-0.05, 0) is 50.8 Å². The second kappa shape index (κ2) is 8.18. The number of anilines is 2. The quantitative estimate of drug-likeness (QED) is 0.840. The van der Waals surface area contributed by atoms with Gasteiger partial charge in [0, 0.05) is 36.9 Å². The largest absolute Gasteiger partial charge is 0.371 e. The first-order valence-corrected chi connectivity index (χ1v) is 8.86. The molecule has 24 heavy (non-hydrogen) atoms. The number of rotatable bonds is 6. The van der Waals surface area contributed by atoms with Gasteiger partial charge in [-0.2, -0.15) is 0 Å². The fourth-order valence-corrected chi connectivity index (χ4v) is 2.95. The molecule has 1 fully saturated rings. The molecule has 1 aromatic rings. The van der Waals surface area contributed by atoms with Crippen LogP contribution in [-0.4, -0.2) is 30.9 Å². The highest BCUT2D eigenvalue weighted by Crippen LogP contribution is 2.28. The Morgan fingerprint density at radius 2 is 1.79 bits per heavy atom. The Balaban J connectivity index is 2.25. The standard InChI is InChI=1S/C19H29N3O2/c1-13(2)11-18(23)21-15-7-8-17(22-9-5-6-10-22)16(12-15)19(24)20-14(3)4/h7-8,12-14H,5-6,9-11H2,1-4H3,(H,20,24)(H,21,23). The van der Waals surface area contributed by atoms with Gasteiger partial charge in [0.1, 0.15) is 0 Å². The van der Waals surface area contributed by atoms with Crippen molar-refractivity contribution < 1.29 is 9.59 Å². The highest BCUT2D eigenvalue weighted by Gasteiger charge is 2.21. The van der Waals surface area contributed by atoms with Gasteiger partial charge in [-0.15, -0.1) is 0 Å². The summed E-state index contributed by atoms with van der Waals surface area (Å²) in [5.74, 6) is 0.193. The summed E-state index contributed by atoms with van der Waals surface area (Å²) in [5.41, 5.74) is 2.26. The monoisotopic (exact) mass is 331 g/mol. The highest BCUT2D eigenvalue weighted by molar-refractivity contribution is 6.02. The summed E-state index contributed by atoms with van der Waals surface area (Å²) in [6, 6.07) is 5.70. The van der Waals surface area contributed by atoms with Gasteiger partial charge in [-0.3, -0.25) is 9.59 Å². The lowest BCUT2D eigenvalue weighted by atomic mass is 10.1. The fourth-order valence-electron chi connectivity index (χ4n) is 2.95. The first-order valence-electron chi connectivity index (χ1n) is 8.86. The Hall–Kier alpha value is -2.04. The first kappa shape index (κ1) is 18.3. The van der Waals surface area contributed by atoms with Crippen LogP contribution in [0, 0.1) is 5.92 Å². The highest BCUT2D eigenvalue weighted by atomic mass is 16.2. The molecule has 0 aromatic heterocycles. The third-order valence-corrected chi connectivity index (χ3v) is 3.99. The van der Waals surface area contributed by atoms with Crippen LogP contribution < -0.4 is 15.5 Å². The summed E-state index contributed by atoms with van der Waals surface area (Å²) in [5, 5.41) is 5.86. The molecule has 1 aliphatic heterocycles. The van der Waals surface area contributed by atoms with Crippen LogP contribution in [0.2, 0.25) is 0 Å². The molecule has 0 atom stereocenters. The van der Waals surface area contributed by atoms with Crippen molar-refractivity contribution in [2.45, 2.75) is 53.0 Å². The van der Waals surface area contributed by atoms with Gasteiger partial charge in [-0.25, -0.2) is 0 Å². The maximum atomic E-state index is 12.6. The smallest absolute Gasteiger partial charge is 0.253 e. The number of carbonyl (C=O) groups excluding carboxylic acids is 2. The summed E-state index contributed by atoms with van der Waals surface area (Å²) in [6.07, 6.45) is 2.78. The Morgan fingerprint density at radius 3 is 2.38 bits per heavy atom. The molecule has 0 aliphatic carbocycles. The lowest BCUT2D eigenvalue weighted by molar-refractivity contribution is -0.116. The molecule has 5 nitrogen and oxygen atoms in total. The van der Waals surface area contributed by atoms with E-state index in [9.17, 15) is 9.59 Å². The SMILES string of the molecule is CC(C)CC(=O)Nc1ccc(N2CCCC2)c(C(=O)NC(C)C)c1. The van der Waals surface area contributed by atoms with E-state index in [0.29, 0.717) is 23.6 Å². The van der Waals surface area contributed by atoms with Crippen molar-refractivity contribution in [2.75, 3.05) is 23.3 Å². The number of nitrogens with one attached hydrogen (secondary N) is 2. The summed E-state index contributed by atoms with van der Waals surface area (Å²) in [6.45, 7) is 9.86. The Labute approximate surface area is 144 Å². The second-order valence-electron chi connectivity index (χ2n) is 7.20. The van der Waals surface area contributed by atoms with E-state index in [2.05, 4.69) is 15.5 Å². The maximum absolute atomic E-state index is 12.6. The van der Waals surface area contributed by atoms with Crippen molar-refractivity contribution in [3.63, 3.8) is 0 Å². The first-order chi connectivity index (χ1) is 11.4. The molecule has 1 saturated heterocycles. The second-order valence-corrected chi connectivity index (χ2v) is 7.20. The molecule has 0 unspecified atom stereocenters. The zero-order valence-electron chi connectivity index (χ0n) is 15.2. The van der Waals surface area contributed by atoms with Crippen molar-refractivity contribution in [2.24, 2.45) is 5.92 Å². The van der Waals surface area contributed by atoms with Gasteiger partial charge < -0.3 is 15.5 Å². The van der Waals surface area contributed by atoms with Crippen molar-refractivity contribution in [1.82, 2.24) is 5.32 Å². The van der Waals surface area contributed by atoms with Crippen LogP contribution in [0.15, 0.2) is 18.2 Å². The summed E-state index contributed by atoms with van der Waals surface area (Å²) < 4.78 is 0. The Kier molecular flexibility index (Phi) is 6.23. The number of hydrogen-bond donors (Lipinski definition) is 2. The molecular formula is C19H29N3O2. The number of benzene rings is 1. The molecule has 0 spiro atoms. The van der Waals surface area contributed by atoms with Crippen molar-refractivity contribution in [3.05, 3.63) is 23.8 Å². The van der Waals surface area contributed by atoms with Crippen LogP contribution in [0.25, 0.3) is 0 Å². The molecule has 2 amide bonds. The van der Waals surface area contributed by atoms with E-state index < -0.39 is 0 Å². The molecule has 0 saturated carbocycles. The summed E-state index contributed by atoms with van der Waals surface area (Å²) >= 11 is 0. The molecule has 0 bridgehead atoms. The summed E-state index contributed by atoms with van der Waals surface area (Å²) in [7, 11) is 0. The van der Waals surface area contributed by atoms with E-state index in [4.69, 9.17) is 0 Å². The average molecular weight is 331 g/mol. The van der Waals surface area contributed by atoms with E-state index in [-0.39, 0.29) is 17.9 Å². The topological polar surface area (TPSA) is 61.4 Å². The van der Waals surface area contributed by atoms with Gasteiger partial charge in [0.2, 0.25) is 5.91 Å². The van der Waals surface area contributed by atoms with Crippen molar-refractivity contribution in [3.8, 4) is 0 Å². The Morgan fingerprint density at radius 1 is 1.12 bits per heavy atom. The number of nitrogens with zero attached hydrogens (tertiary/aromatic N) is 1. The van der Waals surface area contributed by atoms with Gasteiger partial charge in [0.05, 0.1) is 5.56 Å². The molecule has 1 aromatic carbocycles. The van der Waals surface area contributed by atoms with Crippen LogP contribution in [-0.2, 0) is 4.79 Å². The van der Waals surface area contributed by atoms with Crippen LogP contribution in [0.4, 0.5) is 11.4 Å². The molecular weight excluding hydrogens is 302 g/mol. The Bertz CT molecular complexity index is 590. The van der Waals surface area contributed by atoms with E-state index in [1.165, 1.54) is 0 Å². The van der Waals surface area contributed by atoms with Crippen LogP contribution in [0.1, 0.15) is 57.3 Å². The third kappa shape index (κ3) is 4.98. The predicted molar refractivity (Wildman–Crippen MR) is 98.6 cm³/mol. The van der Waals surface area contributed by atoms with Crippen LogP contribution in [0.3, 0.4) is 0 Å². The van der Waals surface area contributed by atoms with Crippen LogP contribution in [0.5, 0.6) is 0 Å². The fraction of sp³-hybridized carbons (Fsp3) is 0.579. The lowest BCUT2D eigenvalue weighted by Crippen LogP contribution is -2.32. The maximum Gasteiger partial charge on any atom is 0.253 e. The molecule has 0 radical (unpaired) electrons. The zero-order valence-corrected chi connectivity index (χ0v) is 15.2. The number of carbonyl (C=O) groups is 2. The van der Waals surface area contributed by atoms with E-state index >= 15 is 0 Å². The third-order valence-electron chi connectivity index (χ3n) is 3.99. The minimum atomic E-state index is -0.0909. The molecule has 1 heterocycles. The minimum absolute atomic E-state index is 0.0193. The number of amides is 2. The average Bonchev–Trinajstić information content (AvgIpc) is 2.99. The van der Waals surface area contributed by atoms with E-state index in [1.807, 2.05) is 39.8 Å². The van der Waals surface area contributed by atoms with Gasteiger partial charge >= 0.3 is 0 Å². The summed E-state index contributed by atoms with van der Waals surface area (Å²) in [4.78, 5) is 26.8. The van der Waals surface area contributed by atoms with Gasteiger partial charge in [0.25, 0.3) is 5.91 Å². The van der Waals surface area contributed by atoms with Crippen molar-refractivity contribution in [1.29, 1.82) is 0 Å².